The second-order valence-corrected chi connectivity index (χ2v) is 5.50. The molecule has 0 N–H and O–H groups in total. The first-order chi connectivity index (χ1) is 9.61. The van der Waals surface area contributed by atoms with Crippen molar-refractivity contribution in [1.82, 2.24) is 9.78 Å². The lowest BCUT2D eigenvalue weighted by atomic mass is 10.2. The molecular formula is C15H18N2O2S. The largest absolute Gasteiger partial charge is 0.462 e. The highest BCUT2D eigenvalue weighted by atomic mass is 32.2. The van der Waals surface area contributed by atoms with Crippen LogP contribution in [0.3, 0.4) is 0 Å². The fourth-order valence-corrected chi connectivity index (χ4v) is 2.96. The Bertz CT molecular complexity index is 608. The zero-order chi connectivity index (χ0) is 14.5. The van der Waals surface area contributed by atoms with Crippen LogP contribution in [-0.4, -0.2) is 22.4 Å². The summed E-state index contributed by atoms with van der Waals surface area (Å²) in [6.07, 6.45) is 1.57. The van der Waals surface area contributed by atoms with E-state index in [0.717, 1.165) is 5.69 Å². The number of hydrogen-bond donors (Lipinski definition) is 0. The molecule has 0 bridgehead atoms. The van der Waals surface area contributed by atoms with Crippen LogP contribution >= 0.6 is 11.8 Å². The number of benzene rings is 1. The van der Waals surface area contributed by atoms with Gasteiger partial charge in [0.05, 0.1) is 18.5 Å². The van der Waals surface area contributed by atoms with Gasteiger partial charge >= 0.3 is 5.97 Å². The van der Waals surface area contributed by atoms with Crippen LogP contribution in [0.15, 0.2) is 35.4 Å². The summed E-state index contributed by atoms with van der Waals surface area (Å²) >= 11 is 1.69. The Balaban J connectivity index is 2.13. The Morgan fingerprint density at radius 2 is 2.25 bits per heavy atom. The van der Waals surface area contributed by atoms with E-state index < -0.39 is 0 Å². The number of ether oxygens (including phenoxy) is 1. The molecule has 0 saturated heterocycles. The number of aromatic nitrogens is 2. The molecule has 2 aromatic rings. The monoisotopic (exact) mass is 290 g/mol. The number of nitrogens with zero attached hydrogens (tertiary/aromatic N) is 2. The number of thioether (sulfide) groups is 1. The van der Waals surface area contributed by atoms with Crippen molar-refractivity contribution in [3.05, 3.63) is 47.3 Å². The lowest BCUT2D eigenvalue weighted by molar-refractivity contribution is 0.0525. The first-order valence-corrected chi connectivity index (χ1v) is 7.48. The molecule has 20 heavy (non-hydrogen) atoms. The van der Waals surface area contributed by atoms with Gasteiger partial charge in [-0.05, 0) is 26.0 Å². The van der Waals surface area contributed by atoms with Crippen LogP contribution in [0.4, 0.5) is 0 Å². The summed E-state index contributed by atoms with van der Waals surface area (Å²) in [6.45, 7) is 4.24. The highest BCUT2D eigenvalue weighted by Gasteiger charge is 2.17. The van der Waals surface area contributed by atoms with E-state index in [0.29, 0.717) is 17.9 Å². The standard InChI is InChI=1S/C15H18N2O2S/c1-4-19-15(18)13-9-16-17(3)14(13)10-20-12-7-5-6-11(2)8-12/h5-9H,4,10H2,1-3H3. The molecule has 0 amide bonds. The van der Waals surface area contributed by atoms with E-state index in [1.165, 1.54) is 10.5 Å². The highest BCUT2D eigenvalue weighted by molar-refractivity contribution is 7.98. The fourth-order valence-electron chi connectivity index (χ4n) is 1.87. The zero-order valence-electron chi connectivity index (χ0n) is 11.9. The summed E-state index contributed by atoms with van der Waals surface area (Å²) in [5.74, 6) is 0.383. The molecule has 0 aliphatic carbocycles. The maximum absolute atomic E-state index is 11.9. The minimum absolute atomic E-state index is 0.305. The van der Waals surface area contributed by atoms with Gasteiger partial charge in [0.2, 0.25) is 0 Å². The summed E-state index contributed by atoms with van der Waals surface area (Å²) in [5, 5.41) is 4.15. The van der Waals surface area contributed by atoms with Gasteiger partial charge in [-0.3, -0.25) is 4.68 Å². The summed E-state index contributed by atoms with van der Waals surface area (Å²) < 4.78 is 6.78. The van der Waals surface area contributed by atoms with Gasteiger partial charge < -0.3 is 4.74 Å². The predicted molar refractivity (Wildman–Crippen MR) is 79.9 cm³/mol. The van der Waals surface area contributed by atoms with Crippen molar-refractivity contribution < 1.29 is 9.53 Å². The smallest absolute Gasteiger partial charge is 0.341 e. The number of carbonyl (C=O) groups is 1. The topological polar surface area (TPSA) is 44.1 Å². The number of aryl methyl sites for hydroxylation is 2. The van der Waals surface area contributed by atoms with Crippen LogP contribution < -0.4 is 0 Å². The van der Waals surface area contributed by atoms with Gasteiger partial charge in [0, 0.05) is 17.7 Å². The molecule has 0 atom stereocenters. The minimum Gasteiger partial charge on any atom is -0.462 e. The Morgan fingerprint density at radius 3 is 2.95 bits per heavy atom. The van der Waals surface area contributed by atoms with Crippen molar-refractivity contribution in [3.63, 3.8) is 0 Å². The van der Waals surface area contributed by atoms with Crippen molar-refractivity contribution in [2.24, 2.45) is 7.05 Å². The van der Waals surface area contributed by atoms with E-state index in [1.54, 1.807) is 29.6 Å². The van der Waals surface area contributed by atoms with Gasteiger partial charge in [-0.15, -0.1) is 11.8 Å². The maximum Gasteiger partial charge on any atom is 0.341 e. The molecule has 0 unspecified atom stereocenters. The van der Waals surface area contributed by atoms with Crippen molar-refractivity contribution in [3.8, 4) is 0 Å². The molecule has 5 heteroatoms. The lowest BCUT2D eigenvalue weighted by Crippen LogP contribution is -2.08. The van der Waals surface area contributed by atoms with E-state index in [2.05, 4.69) is 30.2 Å². The Hall–Kier alpha value is -1.75. The third-order valence-corrected chi connectivity index (χ3v) is 3.93. The van der Waals surface area contributed by atoms with Crippen LogP contribution in [0.5, 0.6) is 0 Å². The Morgan fingerprint density at radius 1 is 1.45 bits per heavy atom. The number of rotatable bonds is 5. The molecule has 1 aromatic heterocycles. The molecule has 0 saturated carbocycles. The molecule has 2 rings (SSSR count). The van der Waals surface area contributed by atoms with Crippen molar-refractivity contribution in [2.75, 3.05) is 6.61 Å². The van der Waals surface area contributed by atoms with Crippen molar-refractivity contribution in [1.29, 1.82) is 0 Å². The SMILES string of the molecule is CCOC(=O)c1cnn(C)c1CSc1cccc(C)c1. The van der Waals surface area contributed by atoms with Gasteiger partial charge in [-0.2, -0.15) is 5.10 Å². The van der Waals surface area contributed by atoms with Crippen LogP contribution in [-0.2, 0) is 17.5 Å². The maximum atomic E-state index is 11.9. The van der Waals surface area contributed by atoms with E-state index in [-0.39, 0.29) is 5.97 Å². The zero-order valence-corrected chi connectivity index (χ0v) is 12.7. The highest BCUT2D eigenvalue weighted by Crippen LogP contribution is 2.25. The van der Waals surface area contributed by atoms with Gasteiger partial charge in [0.1, 0.15) is 5.56 Å². The number of carbonyl (C=O) groups excluding carboxylic acids is 1. The molecule has 0 fully saturated rings. The molecular weight excluding hydrogens is 272 g/mol. The molecule has 0 aliphatic heterocycles. The molecule has 0 radical (unpaired) electrons. The van der Waals surface area contributed by atoms with E-state index in [4.69, 9.17) is 4.74 Å². The van der Waals surface area contributed by atoms with Crippen molar-refractivity contribution in [2.45, 2.75) is 24.5 Å². The second-order valence-electron chi connectivity index (χ2n) is 4.45. The predicted octanol–water partition coefficient (Wildman–Crippen LogP) is 3.20. The second kappa shape index (κ2) is 6.61. The van der Waals surface area contributed by atoms with Crippen molar-refractivity contribution >= 4 is 17.7 Å². The first kappa shape index (κ1) is 14.7. The summed E-state index contributed by atoms with van der Waals surface area (Å²) in [6, 6.07) is 8.30. The summed E-state index contributed by atoms with van der Waals surface area (Å²) in [5.41, 5.74) is 2.66. The Labute approximate surface area is 123 Å². The lowest BCUT2D eigenvalue weighted by Gasteiger charge is -2.06. The average molecular weight is 290 g/mol. The van der Waals surface area contributed by atoms with Gasteiger partial charge in [0.15, 0.2) is 0 Å². The van der Waals surface area contributed by atoms with Gasteiger partial charge in [-0.1, -0.05) is 17.7 Å². The molecule has 106 valence electrons. The normalized spacial score (nSPS) is 10.6. The molecule has 0 aliphatic rings. The molecule has 1 aromatic carbocycles. The number of hydrogen-bond acceptors (Lipinski definition) is 4. The molecule has 0 spiro atoms. The van der Waals surface area contributed by atoms with Gasteiger partial charge in [0.25, 0.3) is 0 Å². The van der Waals surface area contributed by atoms with E-state index >= 15 is 0 Å². The quantitative estimate of drug-likeness (QED) is 0.626. The Kier molecular flexibility index (Phi) is 4.84. The van der Waals surface area contributed by atoms with Crippen LogP contribution in [0, 0.1) is 6.92 Å². The first-order valence-electron chi connectivity index (χ1n) is 6.49. The van der Waals surface area contributed by atoms with E-state index in [9.17, 15) is 4.79 Å². The fraction of sp³-hybridized carbons (Fsp3) is 0.333. The minimum atomic E-state index is -0.305. The van der Waals surface area contributed by atoms with E-state index in [1.807, 2.05) is 13.1 Å². The van der Waals surface area contributed by atoms with Crippen LogP contribution in [0.1, 0.15) is 28.5 Å². The number of esters is 1. The summed E-state index contributed by atoms with van der Waals surface area (Å²) in [7, 11) is 1.84. The average Bonchev–Trinajstić information content (AvgIpc) is 2.78. The third kappa shape index (κ3) is 3.42. The van der Waals surface area contributed by atoms with Gasteiger partial charge in [-0.25, -0.2) is 4.79 Å². The molecule has 1 heterocycles. The third-order valence-electron chi connectivity index (χ3n) is 2.92. The summed E-state index contributed by atoms with van der Waals surface area (Å²) in [4.78, 5) is 13.0. The van der Waals surface area contributed by atoms with Crippen LogP contribution in [0.2, 0.25) is 0 Å². The molecule has 4 nitrogen and oxygen atoms in total. The van der Waals surface area contributed by atoms with Crippen LogP contribution in [0.25, 0.3) is 0 Å².